The van der Waals surface area contributed by atoms with Crippen molar-refractivity contribution in [3.8, 4) is 0 Å². The first-order chi connectivity index (χ1) is 5.42. The number of ether oxygens (including phenoxy) is 1. The molecule has 0 heterocycles. The van der Waals surface area contributed by atoms with Crippen LogP contribution in [0.1, 0.15) is 34.6 Å². The number of rotatable bonds is 5. The second-order valence-electron chi connectivity index (χ2n) is 4.72. The summed E-state index contributed by atoms with van der Waals surface area (Å²) in [5, 5.41) is 3.31. The molecule has 0 aromatic carbocycles. The van der Waals surface area contributed by atoms with Crippen LogP contribution in [-0.2, 0) is 4.74 Å². The third kappa shape index (κ3) is 9.92. The summed E-state index contributed by atoms with van der Waals surface area (Å²) in [5.41, 5.74) is 0.290. The molecule has 0 fully saturated rings. The molecular formula is C10H23NO. The maximum absolute atomic E-state index is 5.49. The molecule has 0 amide bonds. The zero-order valence-electron chi connectivity index (χ0n) is 9.11. The summed E-state index contributed by atoms with van der Waals surface area (Å²) in [4.78, 5) is 0. The Morgan fingerprint density at radius 1 is 1.25 bits per heavy atom. The molecule has 0 bridgehead atoms. The summed E-state index contributed by atoms with van der Waals surface area (Å²) >= 11 is 0. The van der Waals surface area contributed by atoms with Crippen molar-refractivity contribution >= 4 is 0 Å². The van der Waals surface area contributed by atoms with Crippen molar-refractivity contribution in [2.45, 2.75) is 40.7 Å². The van der Waals surface area contributed by atoms with Gasteiger partial charge in [0.15, 0.2) is 0 Å². The lowest BCUT2D eigenvalue weighted by Crippen LogP contribution is -2.28. The molecule has 0 aliphatic carbocycles. The molecule has 0 saturated heterocycles. The average molecular weight is 173 g/mol. The lowest BCUT2D eigenvalue weighted by atomic mass is 9.99. The molecule has 0 radical (unpaired) electrons. The Hall–Kier alpha value is -0.0800. The Morgan fingerprint density at radius 2 is 1.83 bits per heavy atom. The largest absolute Gasteiger partial charge is 0.380 e. The predicted octanol–water partition coefficient (Wildman–Crippen LogP) is 2.05. The number of nitrogens with one attached hydrogen (secondary N) is 1. The van der Waals surface area contributed by atoms with Crippen LogP contribution in [0.2, 0.25) is 0 Å². The predicted molar refractivity (Wildman–Crippen MR) is 53.4 cm³/mol. The first kappa shape index (κ1) is 11.9. The van der Waals surface area contributed by atoms with Crippen molar-refractivity contribution in [3.05, 3.63) is 0 Å². The highest BCUT2D eigenvalue weighted by atomic mass is 16.5. The van der Waals surface area contributed by atoms with Gasteiger partial charge < -0.3 is 10.1 Å². The third-order valence-electron chi connectivity index (χ3n) is 1.33. The van der Waals surface area contributed by atoms with Crippen LogP contribution in [-0.4, -0.2) is 25.8 Å². The van der Waals surface area contributed by atoms with Crippen molar-refractivity contribution in [1.82, 2.24) is 5.32 Å². The summed E-state index contributed by atoms with van der Waals surface area (Å²) < 4.78 is 5.49. The fraction of sp³-hybridized carbons (Fsp3) is 1.00. The Balaban J connectivity index is 3.12. The molecule has 2 heteroatoms. The van der Waals surface area contributed by atoms with Crippen molar-refractivity contribution in [3.63, 3.8) is 0 Å². The molecule has 0 aromatic rings. The Bertz CT molecular complexity index is 105. The van der Waals surface area contributed by atoms with E-state index in [1.165, 1.54) is 0 Å². The standard InChI is InChI=1S/C10H23NO/c1-9(2)11-6-7-12-8-10(3,4)5/h9,11H,6-8H2,1-5H3. The molecule has 0 aromatic heterocycles. The molecule has 1 N–H and O–H groups in total. The molecule has 0 unspecified atom stereocenters. The van der Waals surface area contributed by atoms with Crippen LogP contribution in [0.4, 0.5) is 0 Å². The zero-order chi connectivity index (χ0) is 9.61. The number of hydrogen-bond donors (Lipinski definition) is 1. The number of hydrogen-bond acceptors (Lipinski definition) is 2. The van der Waals surface area contributed by atoms with Crippen LogP contribution in [0.3, 0.4) is 0 Å². The topological polar surface area (TPSA) is 21.3 Å². The SMILES string of the molecule is CC(C)NCCOCC(C)(C)C. The molecule has 0 saturated carbocycles. The molecule has 0 rings (SSSR count). The molecule has 2 nitrogen and oxygen atoms in total. The van der Waals surface area contributed by atoms with Gasteiger partial charge in [0.2, 0.25) is 0 Å². The summed E-state index contributed by atoms with van der Waals surface area (Å²) in [6.45, 7) is 13.4. The minimum Gasteiger partial charge on any atom is -0.380 e. The van der Waals surface area contributed by atoms with Crippen molar-refractivity contribution in [1.29, 1.82) is 0 Å². The smallest absolute Gasteiger partial charge is 0.0591 e. The van der Waals surface area contributed by atoms with Gasteiger partial charge in [0.1, 0.15) is 0 Å². The van der Waals surface area contributed by atoms with Gasteiger partial charge in [-0.2, -0.15) is 0 Å². The molecule has 0 aliphatic rings. The van der Waals surface area contributed by atoms with Gasteiger partial charge in [-0.25, -0.2) is 0 Å². The first-order valence-corrected chi connectivity index (χ1v) is 4.73. The van der Waals surface area contributed by atoms with E-state index >= 15 is 0 Å². The van der Waals surface area contributed by atoms with E-state index in [4.69, 9.17) is 4.74 Å². The van der Waals surface area contributed by atoms with Gasteiger partial charge >= 0.3 is 0 Å². The second-order valence-corrected chi connectivity index (χ2v) is 4.72. The average Bonchev–Trinajstić information content (AvgIpc) is 1.83. The zero-order valence-corrected chi connectivity index (χ0v) is 9.11. The highest BCUT2D eigenvalue weighted by molar-refractivity contribution is 4.59. The van der Waals surface area contributed by atoms with E-state index in [9.17, 15) is 0 Å². The monoisotopic (exact) mass is 173 g/mol. The molecule has 0 aliphatic heterocycles. The van der Waals surface area contributed by atoms with E-state index in [0.29, 0.717) is 6.04 Å². The Morgan fingerprint density at radius 3 is 2.25 bits per heavy atom. The van der Waals surface area contributed by atoms with Crippen LogP contribution >= 0.6 is 0 Å². The summed E-state index contributed by atoms with van der Waals surface area (Å²) in [5.74, 6) is 0. The Labute approximate surface area is 76.7 Å². The quantitative estimate of drug-likeness (QED) is 0.642. The van der Waals surface area contributed by atoms with E-state index in [2.05, 4.69) is 39.9 Å². The third-order valence-corrected chi connectivity index (χ3v) is 1.33. The van der Waals surface area contributed by atoms with E-state index in [0.717, 1.165) is 19.8 Å². The van der Waals surface area contributed by atoms with Crippen LogP contribution < -0.4 is 5.32 Å². The Kier molecular flexibility index (Phi) is 5.51. The minimum absolute atomic E-state index is 0.290. The maximum atomic E-state index is 5.49. The van der Waals surface area contributed by atoms with Crippen molar-refractivity contribution in [2.24, 2.45) is 5.41 Å². The van der Waals surface area contributed by atoms with Crippen LogP contribution in [0.15, 0.2) is 0 Å². The van der Waals surface area contributed by atoms with E-state index in [-0.39, 0.29) is 5.41 Å². The van der Waals surface area contributed by atoms with E-state index in [1.807, 2.05) is 0 Å². The summed E-state index contributed by atoms with van der Waals surface area (Å²) in [6, 6.07) is 0.559. The lowest BCUT2D eigenvalue weighted by molar-refractivity contribution is 0.0722. The van der Waals surface area contributed by atoms with Gasteiger partial charge in [-0.3, -0.25) is 0 Å². The van der Waals surface area contributed by atoms with Crippen molar-refractivity contribution in [2.75, 3.05) is 19.8 Å². The molecule has 12 heavy (non-hydrogen) atoms. The van der Waals surface area contributed by atoms with Gasteiger partial charge in [-0.15, -0.1) is 0 Å². The van der Waals surface area contributed by atoms with E-state index < -0.39 is 0 Å². The first-order valence-electron chi connectivity index (χ1n) is 4.73. The highest BCUT2D eigenvalue weighted by Gasteiger charge is 2.09. The van der Waals surface area contributed by atoms with Crippen LogP contribution in [0, 0.1) is 5.41 Å². The summed E-state index contributed by atoms with van der Waals surface area (Å²) in [7, 11) is 0. The van der Waals surface area contributed by atoms with Gasteiger partial charge in [0.25, 0.3) is 0 Å². The molecule has 74 valence electrons. The second kappa shape index (κ2) is 5.55. The molecule has 0 spiro atoms. The minimum atomic E-state index is 0.290. The maximum Gasteiger partial charge on any atom is 0.0591 e. The van der Waals surface area contributed by atoms with Gasteiger partial charge in [-0.05, 0) is 5.41 Å². The molecular weight excluding hydrogens is 150 g/mol. The van der Waals surface area contributed by atoms with Gasteiger partial charge in [-0.1, -0.05) is 34.6 Å². The van der Waals surface area contributed by atoms with Crippen molar-refractivity contribution < 1.29 is 4.74 Å². The fourth-order valence-electron chi connectivity index (χ4n) is 0.798. The van der Waals surface area contributed by atoms with Gasteiger partial charge in [0.05, 0.1) is 13.2 Å². The normalized spacial score (nSPS) is 12.5. The van der Waals surface area contributed by atoms with Crippen LogP contribution in [0.5, 0.6) is 0 Å². The lowest BCUT2D eigenvalue weighted by Gasteiger charge is -2.18. The highest BCUT2D eigenvalue weighted by Crippen LogP contribution is 2.12. The van der Waals surface area contributed by atoms with E-state index in [1.54, 1.807) is 0 Å². The fourth-order valence-corrected chi connectivity index (χ4v) is 0.798. The molecule has 0 atom stereocenters. The van der Waals surface area contributed by atoms with Crippen LogP contribution in [0.25, 0.3) is 0 Å². The summed E-state index contributed by atoms with van der Waals surface area (Å²) in [6.07, 6.45) is 0. The van der Waals surface area contributed by atoms with Gasteiger partial charge in [0, 0.05) is 12.6 Å².